The number of phenolic OH excluding ortho intramolecular Hbond substituents is 1. The number of aryl methyl sites for hydroxylation is 1. The SMILES string of the molecule is NCc1cccc(C2CCN(C(=O)CCc3ccccc3O)CC2)c1. The fourth-order valence-corrected chi connectivity index (χ4v) is 3.56. The van der Waals surface area contributed by atoms with Gasteiger partial charge in [0, 0.05) is 26.1 Å². The molecule has 1 aliphatic heterocycles. The van der Waals surface area contributed by atoms with Gasteiger partial charge in [-0.15, -0.1) is 0 Å². The number of carbonyl (C=O) groups excluding carboxylic acids is 1. The zero-order valence-electron chi connectivity index (χ0n) is 14.5. The molecule has 4 heteroatoms. The molecule has 0 radical (unpaired) electrons. The van der Waals surface area contributed by atoms with Crippen molar-refractivity contribution in [3.8, 4) is 5.75 Å². The molecule has 0 aliphatic carbocycles. The fourth-order valence-electron chi connectivity index (χ4n) is 3.56. The molecule has 1 heterocycles. The maximum absolute atomic E-state index is 12.5. The highest BCUT2D eigenvalue weighted by molar-refractivity contribution is 5.76. The van der Waals surface area contributed by atoms with E-state index >= 15 is 0 Å². The number of benzene rings is 2. The van der Waals surface area contributed by atoms with E-state index in [9.17, 15) is 9.90 Å². The number of amides is 1. The van der Waals surface area contributed by atoms with Gasteiger partial charge in [0.1, 0.15) is 5.75 Å². The Morgan fingerprint density at radius 3 is 2.60 bits per heavy atom. The molecule has 0 bridgehead atoms. The summed E-state index contributed by atoms with van der Waals surface area (Å²) in [5, 5.41) is 9.80. The molecule has 0 saturated carbocycles. The van der Waals surface area contributed by atoms with Crippen LogP contribution in [0.2, 0.25) is 0 Å². The summed E-state index contributed by atoms with van der Waals surface area (Å²) >= 11 is 0. The first-order chi connectivity index (χ1) is 12.2. The average Bonchev–Trinajstić information content (AvgIpc) is 2.67. The number of aromatic hydroxyl groups is 1. The normalized spacial score (nSPS) is 15.3. The van der Waals surface area contributed by atoms with E-state index in [2.05, 4.69) is 24.3 Å². The van der Waals surface area contributed by atoms with Crippen LogP contribution in [-0.2, 0) is 17.8 Å². The van der Waals surface area contributed by atoms with Gasteiger partial charge in [-0.3, -0.25) is 4.79 Å². The topological polar surface area (TPSA) is 66.6 Å². The number of phenols is 1. The predicted molar refractivity (Wildman–Crippen MR) is 99.3 cm³/mol. The first kappa shape index (κ1) is 17.5. The Hall–Kier alpha value is -2.33. The van der Waals surface area contributed by atoms with Gasteiger partial charge in [0.25, 0.3) is 0 Å². The zero-order chi connectivity index (χ0) is 17.6. The van der Waals surface area contributed by atoms with E-state index in [1.807, 2.05) is 17.0 Å². The number of hydrogen-bond acceptors (Lipinski definition) is 3. The highest BCUT2D eigenvalue weighted by Crippen LogP contribution is 2.29. The van der Waals surface area contributed by atoms with Crippen LogP contribution in [-0.4, -0.2) is 29.0 Å². The third kappa shape index (κ3) is 4.40. The van der Waals surface area contributed by atoms with E-state index in [-0.39, 0.29) is 11.7 Å². The number of carbonyl (C=O) groups is 1. The van der Waals surface area contributed by atoms with Gasteiger partial charge < -0.3 is 15.7 Å². The molecule has 25 heavy (non-hydrogen) atoms. The smallest absolute Gasteiger partial charge is 0.222 e. The zero-order valence-corrected chi connectivity index (χ0v) is 14.5. The third-order valence-electron chi connectivity index (χ3n) is 5.11. The number of nitrogens with two attached hydrogens (primary N) is 1. The lowest BCUT2D eigenvalue weighted by Crippen LogP contribution is -2.38. The third-order valence-corrected chi connectivity index (χ3v) is 5.11. The van der Waals surface area contributed by atoms with Crippen LogP contribution in [0, 0.1) is 0 Å². The van der Waals surface area contributed by atoms with Crippen LogP contribution < -0.4 is 5.73 Å². The maximum Gasteiger partial charge on any atom is 0.222 e. The molecule has 0 spiro atoms. The van der Waals surface area contributed by atoms with E-state index < -0.39 is 0 Å². The molecular weight excluding hydrogens is 312 g/mol. The van der Waals surface area contributed by atoms with Gasteiger partial charge in [-0.1, -0.05) is 42.5 Å². The lowest BCUT2D eigenvalue weighted by atomic mass is 9.88. The van der Waals surface area contributed by atoms with Crippen molar-refractivity contribution in [2.45, 2.75) is 38.1 Å². The summed E-state index contributed by atoms with van der Waals surface area (Å²) in [6.07, 6.45) is 3.03. The quantitative estimate of drug-likeness (QED) is 0.880. The molecule has 2 aromatic rings. The van der Waals surface area contributed by atoms with Gasteiger partial charge in [-0.2, -0.15) is 0 Å². The molecule has 3 N–H and O–H groups in total. The Morgan fingerprint density at radius 2 is 1.88 bits per heavy atom. The highest BCUT2D eigenvalue weighted by atomic mass is 16.3. The Labute approximate surface area is 149 Å². The molecule has 4 nitrogen and oxygen atoms in total. The number of nitrogens with zero attached hydrogens (tertiary/aromatic N) is 1. The molecule has 1 saturated heterocycles. The van der Waals surface area contributed by atoms with E-state index in [1.54, 1.807) is 12.1 Å². The van der Waals surface area contributed by atoms with Gasteiger partial charge in [-0.05, 0) is 47.9 Å². The largest absolute Gasteiger partial charge is 0.508 e. The number of hydrogen-bond donors (Lipinski definition) is 2. The maximum atomic E-state index is 12.5. The Bertz CT molecular complexity index is 721. The van der Waals surface area contributed by atoms with Crippen molar-refractivity contribution < 1.29 is 9.90 Å². The molecule has 1 fully saturated rings. The van der Waals surface area contributed by atoms with Crippen molar-refractivity contribution in [2.24, 2.45) is 5.73 Å². The molecule has 0 unspecified atom stereocenters. The number of likely N-dealkylation sites (tertiary alicyclic amines) is 1. The lowest BCUT2D eigenvalue weighted by molar-refractivity contribution is -0.132. The van der Waals surface area contributed by atoms with Crippen molar-refractivity contribution >= 4 is 5.91 Å². The van der Waals surface area contributed by atoms with Gasteiger partial charge in [0.05, 0.1) is 0 Å². The van der Waals surface area contributed by atoms with Gasteiger partial charge in [-0.25, -0.2) is 0 Å². The standard InChI is InChI=1S/C21H26N2O2/c22-15-16-4-3-6-19(14-16)17-10-12-23(13-11-17)21(25)9-8-18-5-1-2-7-20(18)24/h1-7,14,17,24H,8-13,15,22H2. The minimum absolute atomic E-state index is 0.178. The van der Waals surface area contributed by atoms with Crippen LogP contribution in [0.4, 0.5) is 0 Å². The second-order valence-electron chi connectivity index (χ2n) is 6.73. The Balaban J connectivity index is 1.51. The van der Waals surface area contributed by atoms with Gasteiger partial charge in [0.15, 0.2) is 0 Å². The van der Waals surface area contributed by atoms with E-state index in [4.69, 9.17) is 5.73 Å². The second kappa shape index (κ2) is 8.17. The summed E-state index contributed by atoms with van der Waals surface area (Å²) in [6.45, 7) is 2.17. The number of para-hydroxylation sites is 1. The van der Waals surface area contributed by atoms with Gasteiger partial charge >= 0.3 is 0 Å². The summed E-state index contributed by atoms with van der Waals surface area (Å²) in [5.74, 6) is 0.958. The summed E-state index contributed by atoms with van der Waals surface area (Å²) in [7, 11) is 0. The van der Waals surface area contributed by atoms with E-state index in [0.717, 1.165) is 31.5 Å². The monoisotopic (exact) mass is 338 g/mol. The fraction of sp³-hybridized carbons (Fsp3) is 0.381. The number of piperidine rings is 1. The van der Waals surface area contributed by atoms with Crippen LogP contribution in [0.3, 0.4) is 0 Å². The van der Waals surface area contributed by atoms with Gasteiger partial charge in [0.2, 0.25) is 5.91 Å². The molecule has 2 aromatic carbocycles. The van der Waals surface area contributed by atoms with Crippen molar-refractivity contribution in [2.75, 3.05) is 13.1 Å². The molecule has 1 amide bonds. The second-order valence-corrected chi connectivity index (χ2v) is 6.73. The van der Waals surface area contributed by atoms with Crippen LogP contribution in [0.25, 0.3) is 0 Å². The highest BCUT2D eigenvalue weighted by Gasteiger charge is 2.23. The van der Waals surface area contributed by atoms with E-state index in [1.165, 1.54) is 11.1 Å². The van der Waals surface area contributed by atoms with Crippen molar-refractivity contribution in [3.05, 3.63) is 65.2 Å². The molecule has 0 atom stereocenters. The summed E-state index contributed by atoms with van der Waals surface area (Å²) in [5.41, 5.74) is 9.07. The Kier molecular flexibility index (Phi) is 5.71. The summed E-state index contributed by atoms with van der Waals surface area (Å²) in [6, 6.07) is 15.7. The first-order valence-electron chi connectivity index (χ1n) is 9.01. The van der Waals surface area contributed by atoms with Crippen LogP contribution in [0.5, 0.6) is 5.75 Å². The van der Waals surface area contributed by atoms with Crippen molar-refractivity contribution in [1.29, 1.82) is 0 Å². The van der Waals surface area contributed by atoms with Crippen molar-refractivity contribution in [1.82, 2.24) is 4.90 Å². The van der Waals surface area contributed by atoms with Crippen LogP contribution >= 0.6 is 0 Å². The molecule has 1 aliphatic rings. The summed E-state index contributed by atoms with van der Waals surface area (Å²) < 4.78 is 0. The lowest BCUT2D eigenvalue weighted by Gasteiger charge is -2.32. The molecule has 3 rings (SSSR count). The van der Waals surface area contributed by atoms with Crippen LogP contribution in [0.1, 0.15) is 41.9 Å². The summed E-state index contributed by atoms with van der Waals surface area (Å²) in [4.78, 5) is 14.4. The number of rotatable bonds is 5. The molecular formula is C21H26N2O2. The van der Waals surface area contributed by atoms with Crippen LogP contribution in [0.15, 0.2) is 48.5 Å². The molecule has 0 aromatic heterocycles. The molecule has 132 valence electrons. The predicted octanol–water partition coefficient (Wildman–Crippen LogP) is 3.19. The Morgan fingerprint density at radius 1 is 1.12 bits per heavy atom. The van der Waals surface area contributed by atoms with Crippen molar-refractivity contribution in [3.63, 3.8) is 0 Å². The first-order valence-corrected chi connectivity index (χ1v) is 9.01. The minimum Gasteiger partial charge on any atom is -0.508 e. The van der Waals surface area contributed by atoms with E-state index in [0.29, 0.717) is 25.3 Å². The minimum atomic E-state index is 0.178. The average molecular weight is 338 g/mol.